The van der Waals surface area contributed by atoms with Crippen LogP contribution >= 0.6 is 0 Å². The predicted octanol–water partition coefficient (Wildman–Crippen LogP) is 3.78. The molecule has 2 N–H and O–H groups in total. The number of aromatic amines is 1. The second-order valence-electron chi connectivity index (χ2n) is 7.95. The van der Waals surface area contributed by atoms with Crippen LogP contribution in [0.15, 0.2) is 42.5 Å². The molecule has 146 valence electrons. The van der Waals surface area contributed by atoms with Crippen LogP contribution in [0.4, 0.5) is 13.2 Å². The summed E-state index contributed by atoms with van der Waals surface area (Å²) in [7, 11) is 0. The molecule has 7 heteroatoms. The Kier molecular flexibility index (Phi) is 3.59. The number of likely N-dealkylation sites (tertiary alicyclic amines) is 1. The minimum Gasteiger partial charge on any atom is -0.380 e. The summed E-state index contributed by atoms with van der Waals surface area (Å²) in [5.74, 6) is -1.13. The van der Waals surface area contributed by atoms with E-state index in [1.54, 1.807) is 0 Å². The van der Waals surface area contributed by atoms with Gasteiger partial charge in [-0.1, -0.05) is 36.4 Å². The number of aliphatic hydroxyl groups is 1. The summed E-state index contributed by atoms with van der Waals surface area (Å²) in [6, 6.07) is 13.1. The molecule has 5 rings (SSSR count). The first-order valence-electron chi connectivity index (χ1n) is 9.35. The Morgan fingerprint density at radius 2 is 1.93 bits per heavy atom. The molecule has 4 nitrogen and oxygen atoms in total. The lowest BCUT2D eigenvalue weighted by Gasteiger charge is -2.38. The Morgan fingerprint density at radius 1 is 1.18 bits per heavy atom. The van der Waals surface area contributed by atoms with Gasteiger partial charge < -0.3 is 15.0 Å². The summed E-state index contributed by atoms with van der Waals surface area (Å²) >= 11 is 0. The smallest absolute Gasteiger partial charge is 0.380 e. The van der Waals surface area contributed by atoms with E-state index in [0.29, 0.717) is 0 Å². The van der Waals surface area contributed by atoms with Gasteiger partial charge in [-0.3, -0.25) is 4.79 Å². The number of halogens is 3. The van der Waals surface area contributed by atoms with Gasteiger partial charge in [0.2, 0.25) is 5.91 Å². The van der Waals surface area contributed by atoms with Gasteiger partial charge in [-0.2, -0.15) is 13.2 Å². The molecule has 1 saturated heterocycles. The van der Waals surface area contributed by atoms with E-state index in [0.717, 1.165) is 27.4 Å². The van der Waals surface area contributed by atoms with Crippen molar-refractivity contribution >= 4 is 27.7 Å². The van der Waals surface area contributed by atoms with E-state index in [2.05, 4.69) is 4.98 Å². The van der Waals surface area contributed by atoms with Crippen LogP contribution < -0.4 is 0 Å². The van der Waals surface area contributed by atoms with Crippen LogP contribution in [0, 0.1) is 5.92 Å². The number of nitrogens with zero attached hydrogens (tertiary/aromatic N) is 1. The molecule has 1 saturated carbocycles. The third-order valence-corrected chi connectivity index (χ3v) is 6.42. The molecular formula is C21H19F3N2O2. The molecule has 0 radical (unpaired) electrons. The lowest BCUT2D eigenvalue weighted by atomic mass is 9.88. The van der Waals surface area contributed by atoms with Crippen molar-refractivity contribution in [2.24, 2.45) is 5.92 Å². The van der Waals surface area contributed by atoms with Gasteiger partial charge >= 0.3 is 6.18 Å². The van der Waals surface area contributed by atoms with E-state index in [9.17, 15) is 23.1 Å². The van der Waals surface area contributed by atoms with Gasteiger partial charge in [0.25, 0.3) is 0 Å². The molecule has 1 aliphatic heterocycles. The van der Waals surface area contributed by atoms with Gasteiger partial charge in [-0.05, 0) is 18.1 Å². The van der Waals surface area contributed by atoms with Crippen molar-refractivity contribution in [1.29, 1.82) is 0 Å². The molecule has 2 bridgehead atoms. The maximum absolute atomic E-state index is 13.2. The van der Waals surface area contributed by atoms with E-state index < -0.39 is 30.2 Å². The van der Waals surface area contributed by atoms with Crippen LogP contribution in [0.1, 0.15) is 18.4 Å². The number of alkyl halides is 3. The lowest BCUT2D eigenvalue weighted by molar-refractivity contribution is -0.278. The van der Waals surface area contributed by atoms with Crippen LogP contribution in [0.2, 0.25) is 0 Å². The topological polar surface area (TPSA) is 56.3 Å². The Balaban J connectivity index is 1.41. The molecule has 1 aliphatic carbocycles. The fourth-order valence-corrected chi connectivity index (χ4v) is 4.98. The van der Waals surface area contributed by atoms with Crippen molar-refractivity contribution in [2.45, 2.75) is 37.1 Å². The summed E-state index contributed by atoms with van der Waals surface area (Å²) in [4.78, 5) is 17.7. The van der Waals surface area contributed by atoms with Crippen molar-refractivity contribution in [3.63, 3.8) is 0 Å². The number of H-pyrrole nitrogens is 1. The molecule has 3 atom stereocenters. The number of piperidine rings is 1. The molecule has 2 fully saturated rings. The molecule has 3 aromatic rings. The number of benzene rings is 2. The summed E-state index contributed by atoms with van der Waals surface area (Å²) in [5, 5.41) is 12.2. The van der Waals surface area contributed by atoms with Crippen LogP contribution in [0.3, 0.4) is 0 Å². The zero-order valence-corrected chi connectivity index (χ0v) is 15.0. The van der Waals surface area contributed by atoms with Gasteiger partial charge in [0.05, 0.1) is 11.9 Å². The highest BCUT2D eigenvalue weighted by Gasteiger charge is 2.67. The van der Waals surface area contributed by atoms with Crippen LogP contribution in [-0.2, 0) is 11.2 Å². The average Bonchev–Trinajstić information content (AvgIpc) is 3.32. The zero-order valence-electron chi connectivity index (χ0n) is 15.0. The molecule has 1 amide bonds. The Bertz CT molecular complexity index is 1090. The quantitative estimate of drug-likeness (QED) is 0.702. The van der Waals surface area contributed by atoms with Crippen LogP contribution in [-0.4, -0.2) is 45.3 Å². The first-order valence-corrected chi connectivity index (χ1v) is 9.35. The molecule has 1 aromatic heterocycles. The van der Waals surface area contributed by atoms with Crippen molar-refractivity contribution in [3.05, 3.63) is 48.0 Å². The number of aromatic nitrogens is 1. The van der Waals surface area contributed by atoms with E-state index in [1.807, 2.05) is 42.5 Å². The van der Waals surface area contributed by atoms with E-state index in [-0.39, 0.29) is 25.3 Å². The maximum atomic E-state index is 13.2. The maximum Gasteiger partial charge on any atom is 0.417 e. The standard InChI is InChI=1S/C21H19F3N2O2/c22-21(23,24)20(28)10-14-9-13(20)11-26(14)18(27)8-12-4-3-6-16-15-5-1-2-7-17(15)25-19(12)16/h1-7,13-14,25,28H,8-11H2. The SMILES string of the molecule is O=C(Cc1cccc2c1[nH]c1ccccc12)N1CC2CC1CC2(O)C(F)(F)F. The number of rotatable bonds is 2. The Labute approximate surface area is 158 Å². The molecule has 2 heterocycles. The molecular weight excluding hydrogens is 369 g/mol. The third kappa shape index (κ3) is 2.38. The zero-order chi connectivity index (χ0) is 19.7. The number of hydrogen-bond acceptors (Lipinski definition) is 2. The second kappa shape index (κ2) is 5.73. The van der Waals surface area contributed by atoms with E-state index in [1.165, 1.54) is 4.90 Å². The van der Waals surface area contributed by atoms with Crippen LogP contribution in [0.25, 0.3) is 21.8 Å². The lowest BCUT2D eigenvalue weighted by Crippen LogP contribution is -2.56. The summed E-state index contributed by atoms with van der Waals surface area (Å²) in [6.45, 7) is -0.0395. The van der Waals surface area contributed by atoms with Gasteiger partial charge in [0.1, 0.15) is 0 Å². The molecule has 2 aliphatic rings. The Hall–Kier alpha value is -2.54. The number of amides is 1. The van der Waals surface area contributed by atoms with E-state index >= 15 is 0 Å². The number of carbonyl (C=O) groups is 1. The highest BCUT2D eigenvalue weighted by atomic mass is 19.4. The van der Waals surface area contributed by atoms with Crippen molar-refractivity contribution < 1.29 is 23.1 Å². The fourth-order valence-electron chi connectivity index (χ4n) is 4.98. The van der Waals surface area contributed by atoms with Crippen molar-refractivity contribution in [1.82, 2.24) is 9.88 Å². The van der Waals surface area contributed by atoms with Gasteiger partial charge in [-0.25, -0.2) is 0 Å². The normalized spacial score (nSPS) is 27.2. The first-order chi connectivity index (χ1) is 13.3. The monoisotopic (exact) mass is 388 g/mol. The number of para-hydroxylation sites is 2. The Morgan fingerprint density at radius 3 is 2.64 bits per heavy atom. The third-order valence-electron chi connectivity index (χ3n) is 6.42. The van der Waals surface area contributed by atoms with Crippen molar-refractivity contribution in [3.8, 4) is 0 Å². The van der Waals surface area contributed by atoms with Crippen molar-refractivity contribution in [2.75, 3.05) is 6.54 Å². The fraction of sp³-hybridized carbons (Fsp3) is 0.381. The van der Waals surface area contributed by atoms with Crippen LogP contribution in [0.5, 0.6) is 0 Å². The summed E-state index contributed by atoms with van der Waals surface area (Å²) in [5.41, 5.74) is 0.0275. The number of carbonyl (C=O) groups excluding carboxylic acids is 1. The largest absolute Gasteiger partial charge is 0.417 e. The van der Waals surface area contributed by atoms with Gasteiger partial charge in [0, 0.05) is 41.2 Å². The second-order valence-corrected chi connectivity index (χ2v) is 7.95. The number of fused-ring (bicyclic) bond motifs is 5. The average molecular weight is 388 g/mol. The molecule has 28 heavy (non-hydrogen) atoms. The minimum absolute atomic E-state index is 0.0395. The molecule has 2 aromatic carbocycles. The van der Waals surface area contributed by atoms with Gasteiger partial charge in [-0.15, -0.1) is 0 Å². The minimum atomic E-state index is -4.66. The summed E-state index contributed by atoms with van der Waals surface area (Å²) in [6.07, 6.45) is -4.75. The van der Waals surface area contributed by atoms with E-state index in [4.69, 9.17) is 0 Å². The molecule has 0 spiro atoms. The number of nitrogens with one attached hydrogen (secondary N) is 1. The highest BCUT2D eigenvalue weighted by molar-refractivity contribution is 6.08. The first kappa shape index (κ1) is 17.6. The molecule has 3 unspecified atom stereocenters. The number of hydrogen-bond donors (Lipinski definition) is 2. The summed E-state index contributed by atoms with van der Waals surface area (Å²) < 4.78 is 39.6. The van der Waals surface area contributed by atoms with Gasteiger partial charge in [0.15, 0.2) is 5.60 Å². The predicted molar refractivity (Wildman–Crippen MR) is 98.7 cm³/mol. The highest BCUT2D eigenvalue weighted by Crippen LogP contribution is 2.52.